The van der Waals surface area contributed by atoms with Crippen LogP contribution in [0.1, 0.15) is 30.3 Å². The molecule has 1 aromatic heterocycles. The molecule has 0 radical (unpaired) electrons. The van der Waals surface area contributed by atoms with Gasteiger partial charge in [0.1, 0.15) is 0 Å². The van der Waals surface area contributed by atoms with Gasteiger partial charge in [0.25, 0.3) is 11.6 Å². The normalized spacial score (nSPS) is 22.6. The van der Waals surface area contributed by atoms with Crippen molar-refractivity contribution in [3.8, 4) is 0 Å². The van der Waals surface area contributed by atoms with E-state index in [0.29, 0.717) is 0 Å². The minimum Gasteiger partial charge on any atom is -0.362 e. The average Bonchev–Trinajstić information content (AvgIpc) is 2.88. The van der Waals surface area contributed by atoms with Crippen molar-refractivity contribution in [2.45, 2.75) is 31.7 Å². The Hall–Kier alpha value is -1.42. The Morgan fingerprint density at radius 1 is 1.57 bits per heavy atom. The van der Waals surface area contributed by atoms with Crippen molar-refractivity contribution in [2.75, 3.05) is 0 Å². The van der Waals surface area contributed by atoms with Crippen LogP contribution in [0.15, 0.2) is 15.8 Å². The van der Waals surface area contributed by atoms with Crippen LogP contribution in [0.25, 0.3) is 0 Å². The number of hydrogen-bond donors (Lipinski definition) is 1. The van der Waals surface area contributed by atoms with Gasteiger partial charge in [0.05, 0.1) is 4.47 Å². The second kappa shape index (κ2) is 5.09. The topological polar surface area (TPSA) is 70.7 Å². The molecular weight excluding hydrogens is 357 g/mol. The molecule has 1 aromatic rings. The molecule has 0 aliphatic carbocycles. The van der Waals surface area contributed by atoms with Crippen molar-refractivity contribution in [3.05, 3.63) is 16.4 Å². The van der Waals surface area contributed by atoms with E-state index < -0.39 is 24.2 Å². The first-order valence-corrected chi connectivity index (χ1v) is 6.78. The molecule has 1 N–H and O–H groups in total. The van der Waals surface area contributed by atoms with Crippen LogP contribution in [0.2, 0.25) is 0 Å². The van der Waals surface area contributed by atoms with E-state index in [4.69, 9.17) is 0 Å². The Labute approximate surface area is 126 Å². The Bertz CT molecular complexity index is 613. The number of hydrogen-bond acceptors (Lipinski definition) is 4. The summed E-state index contributed by atoms with van der Waals surface area (Å²) in [6.07, 6.45) is -4.17. The number of rotatable bonds is 2. The summed E-state index contributed by atoms with van der Waals surface area (Å²) < 4.78 is 40.9. The standard InChI is InChI=1S/C11H12BrF3N4O2/c1-3-6-4-10(21,11(13,14)15)19(16-6)9(20)8-7(12)5-18(2)17-8/h5,21H,3-4H2,1-2H3/t10-/m0/s1. The number of alkyl halides is 3. The molecule has 0 saturated carbocycles. The minimum absolute atomic E-state index is 0.0684. The number of carbonyl (C=O) groups is 1. The predicted molar refractivity (Wildman–Crippen MR) is 70.4 cm³/mol. The Morgan fingerprint density at radius 2 is 2.19 bits per heavy atom. The van der Waals surface area contributed by atoms with Gasteiger partial charge in [-0.05, 0) is 22.4 Å². The predicted octanol–water partition coefficient (Wildman–Crippen LogP) is 2.05. The van der Waals surface area contributed by atoms with Crippen molar-refractivity contribution in [1.82, 2.24) is 14.8 Å². The SMILES string of the molecule is CCC1=NN(C(=O)c2nn(C)cc2Br)[C@@](O)(C(F)(F)F)C1. The number of amides is 1. The molecule has 0 unspecified atom stereocenters. The van der Waals surface area contributed by atoms with Crippen LogP contribution in [0.5, 0.6) is 0 Å². The molecule has 6 nitrogen and oxygen atoms in total. The Kier molecular flexibility index (Phi) is 3.87. The van der Waals surface area contributed by atoms with Gasteiger partial charge in [0, 0.05) is 25.4 Å². The van der Waals surface area contributed by atoms with E-state index in [2.05, 4.69) is 26.1 Å². The smallest absolute Gasteiger partial charge is 0.362 e. The molecule has 116 valence electrons. The van der Waals surface area contributed by atoms with Crippen LogP contribution in [0, 0.1) is 0 Å². The van der Waals surface area contributed by atoms with Gasteiger partial charge in [-0.3, -0.25) is 9.48 Å². The summed E-state index contributed by atoms with van der Waals surface area (Å²) in [6, 6.07) is 0. The van der Waals surface area contributed by atoms with Crippen molar-refractivity contribution in [2.24, 2.45) is 12.1 Å². The minimum atomic E-state index is -5.02. The van der Waals surface area contributed by atoms with Crippen molar-refractivity contribution in [3.63, 3.8) is 0 Å². The number of hydrazone groups is 1. The van der Waals surface area contributed by atoms with Gasteiger partial charge in [-0.2, -0.15) is 28.4 Å². The van der Waals surface area contributed by atoms with E-state index in [-0.39, 0.29) is 27.3 Å². The van der Waals surface area contributed by atoms with Crippen molar-refractivity contribution < 1.29 is 23.1 Å². The molecule has 0 fully saturated rings. The van der Waals surface area contributed by atoms with Gasteiger partial charge in [0.15, 0.2) is 5.69 Å². The summed E-state index contributed by atoms with van der Waals surface area (Å²) >= 11 is 3.04. The lowest BCUT2D eigenvalue weighted by atomic mass is 10.0. The van der Waals surface area contributed by atoms with E-state index in [9.17, 15) is 23.1 Å². The van der Waals surface area contributed by atoms with Crippen LogP contribution in [-0.2, 0) is 7.05 Å². The van der Waals surface area contributed by atoms with E-state index in [1.807, 2.05) is 0 Å². The maximum Gasteiger partial charge on any atom is 0.438 e. The van der Waals surface area contributed by atoms with E-state index in [1.165, 1.54) is 17.9 Å². The van der Waals surface area contributed by atoms with Crippen LogP contribution < -0.4 is 0 Å². The molecule has 0 saturated heterocycles. The Balaban J connectivity index is 2.46. The fourth-order valence-corrected chi connectivity index (χ4v) is 2.50. The maximum absolute atomic E-state index is 13.1. The number of aryl methyl sites for hydroxylation is 1. The fourth-order valence-electron chi connectivity index (χ4n) is 1.95. The lowest BCUT2D eigenvalue weighted by molar-refractivity contribution is -0.297. The molecule has 21 heavy (non-hydrogen) atoms. The van der Waals surface area contributed by atoms with E-state index in [0.717, 1.165) is 0 Å². The monoisotopic (exact) mass is 368 g/mol. The zero-order chi connectivity index (χ0) is 16.0. The van der Waals surface area contributed by atoms with Gasteiger partial charge in [-0.15, -0.1) is 0 Å². The van der Waals surface area contributed by atoms with Crippen molar-refractivity contribution in [1.29, 1.82) is 0 Å². The number of aromatic nitrogens is 2. The molecule has 10 heteroatoms. The highest BCUT2D eigenvalue weighted by Crippen LogP contribution is 2.41. The zero-order valence-corrected chi connectivity index (χ0v) is 12.7. The summed E-state index contributed by atoms with van der Waals surface area (Å²) in [5, 5.41) is 17.4. The largest absolute Gasteiger partial charge is 0.438 e. The lowest BCUT2D eigenvalue weighted by Gasteiger charge is -2.32. The van der Waals surface area contributed by atoms with Gasteiger partial charge in [-0.25, -0.2) is 0 Å². The highest BCUT2D eigenvalue weighted by atomic mass is 79.9. The second-order valence-corrected chi connectivity index (χ2v) is 5.48. The number of nitrogens with zero attached hydrogens (tertiary/aromatic N) is 4. The van der Waals surface area contributed by atoms with Crippen LogP contribution in [0.4, 0.5) is 13.2 Å². The zero-order valence-electron chi connectivity index (χ0n) is 11.1. The van der Waals surface area contributed by atoms with Gasteiger partial charge >= 0.3 is 6.18 Å². The molecule has 0 aromatic carbocycles. The molecule has 0 spiro atoms. The first kappa shape index (κ1) is 16.0. The van der Waals surface area contributed by atoms with Crippen molar-refractivity contribution >= 4 is 27.5 Å². The first-order valence-electron chi connectivity index (χ1n) is 5.99. The molecule has 1 aliphatic rings. The average molecular weight is 369 g/mol. The summed E-state index contributed by atoms with van der Waals surface area (Å²) in [4.78, 5) is 12.3. The molecule has 2 rings (SSSR count). The molecular formula is C11H12BrF3N4O2. The van der Waals surface area contributed by atoms with E-state index >= 15 is 0 Å². The molecule has 1 amide bonds. The second-order valence-electron chi connectivity index (χ2n) is 4.63. The van der Waals surface area contributed by atoms with Crippen LogP contribution in [-0.4, -0.2) is 43.4 Å². The van der Waals surface area contributed by atoms with E-state index in [1.54, 1.807) is 6.92 Å². The third kappa shape index (κ3) is 2.57. The van der Waals surface area contributed by atoms with Gasteiger partial charge in [-0.1, -0.05) is 6.92 Å². The maximum atomic E-state index is 13.1. The highest BCUT2D eigenvalue weighted by molar-refractivity contribution is 9.10. The number of aliphatic hydroxyl groups is 1. The third-order valence-electron chi connectivity index (χ3n) is 3.08. The van der Waals surface area contributed by atoms with Crippen LogP contribution in [0.3, 0.4) is 0 Å². The molecule has 2 heterocycles. The van der Waals surface area contributed by atoms with Crippen LogP contribution >= 0.6 is 15.9 Å². The summed E-state index contributed by atoms with van der Waals surface area (Å²) in [6.45, 7) is 1.60. The summed E-state index contributed by atoms with van der Waals surface area (Å²) in [7, 11) is 1.52. The summed E-state index contributed by atoms with van der Waals surface area (Å²) in [5.41, 5.74) is -3.50. The highest BCUT2D eigenvalue weighted by Gasteiger charge is 2.63. The molecule has 1 atom stereocenters. The van der Waals surface area contributed by atoms with Gasteiger partial charge in [0.2, 0.25) is 0 Å². The van der Waals surface area contributed by atoms with Gasteiger partial charge < -0.3 is 5.11 Å². The molecule has 0 bridgehead atoms. The quantitative estimate of drug-likeness (QED) is 0.868. The third-order valence-corrected chi connectivity index (χ3v) is 3.66. The summed E-state index contributed by atoms with van der Waals surface area (Å²) in [5.74, 6) is -1.12. The fraction of sp³-hybridized carbons (Fsp3) is 0.545. The lowest BCUT2D eigenvalue weighted by Crippen LogP contribution is -2.56. The first-order chi connectivity index (χ1) is 9.60. The molecule has 1 aliphatic heterocycles. The Morgan fingerprint density at radius 3 is 2.62 bits per heavy atom. The number of carbonyl (C=O) groups excluding carboxylic acids is 1. The number of halogens is 4.